The second kappa shape index (κ2) is 7.83. The molecule has 2 saturated heterocycles. The Hall–Kier alpha value is -3.16. The number of methoxy groups -OCH3 is 1. The van der Waals surface area contributed by atoms with E-state index in [1.165, 1.54) is 4.90 Å². The van der Waals surface area contributed by atoms with E-state index in [1.54, 1.807) is 36.4 Å². The van der Waals surface area contributed by atoms with Crippen LogP contribution in [-0.4, -0.2) is 25.0 Å². The maximum Gasteiger partial charge on any atom is 0.266 e. The summed E-state index contributed by atoms with van der Waals surface area (Å²) in [4.78, 5) is 34.2. The van der Waals surface area contributed by atoms with Crippen LogP contribution in [0.15, 0.2) is 83.3 Å². The van der Waals surface area contributed by atoms with E-state index in [2.05, 4.69) is 15.9 Å². The maximum atomic E-state index is 13.6. The van der Waals surface area contributed by atoms with Gasteiger partial charge in [-0.1, -0.05) is 46.3 Å². The summed E-state index contributed by atoms with van der Waals surface area (Å²) in [7, 11) is 1.60. The predicted octanol–water partition coefficient (Wildman–Crippen LogP) is 4.51. The van der Waals surface area contributed by atoms with Gasteiger partial charge in [0.2, 0.25) is 5.91 Å². The van der Waals surface area contributed by atoms with E-state index < -0.39 is 18.1 Å². The van der Waals surface area contributed by atoms with Crippen LogP contribution in [0.25, 0.3) is 0 Å². The number of halogens is 1. The van der Waals surface area contributed by atoms with Gasteiger partial charge in [0.1, 0.15) is 11.7 Å². The molecule has 7 heteroatoms. The van der Waals surface area contributed by atoms with E-state index in [1.807, 2.05) is 54.6 Å². The van der Waals surface area contributed by atoms with Gasteiger partial charge in [-0.2, -0.15) is 0 Å². The molecule has 0 aromatic heterocycles. The molecule has 3 atom stereocenters. The van der Waals surface area contributed by atoms with E-state index >= 15 is 0 Å². The first kappa shape index (κ1) is 19.8. The number of rotatable bonds is 4. The minimum atomic E-state index is -0.896. The van der Waals surface area contributed by atoms with E-state index in [0.29, 0.717) is 11.4 Å². The van der Waals surface area contributed by atoms with Crippen LogP contribution >= 0.6 is 15.9 Å². The van der Waals surface area contributed by atoms with Crippen molar-refractivity contribution >= 4 is 39.1 Å². The molecule has 0 unspecified atom stereocenters. The molecule has 0 saturated carbocycles. The van der Waals surface area contributed by atoms with Crippen LogP contribution < -0.4 is 14.7 Å². The summed E-state index contributed by atoms with van der Waals surface area (Å²) in [5.41, 5.74) is 2.15. The number of nitrogens with zero attached hydrogens (tertiary/aromatic N) is 2. The van der Waals surface area contributed by atoms with E-state index in [-0.39, 0.29) is 11.8 Å². The lowest BCUT2D eigenvalue weighted by Gasteiger charge is -2.29. The fraction of sp³-hybridized carbons (Fsp3) is 0.167. The first-order valence-corrected chi connectivity index (χ1v) is 10.7. The van der Waals surface area contributed by atoms with E-state index in [4.69, 9.17) is 9.57 Å². The fourth-order valence-electron chi connectivity index (χ4n) is 4.22. The van der Waals surface area contributed by atoms with Crippen LogP contribution in [0.1, 0.15) is 11.6 Å². The van der Waals surface area contributed by atoms with Crippen molar-refractivity contribution in [2.24, 2.45) is 5.92 Å². The Bertz CT molecular complexity index is 1140. The summed E-state index contributed by atoms with van der Waals surface area (Å²) in [6.45, 7) is 0. The molecule has 2 fully saturated rings. The number of hydrogen-bond acceptors (Lipinski definition) is 5. The zero-order chi connectivity index (χ0) is 21.5. The molecule has 156 valence electrons. The molecular weight excluding hydrogens is 460 g/mol. The van der Waals surface area contributed by atoms with Crippen LogP contribution in [0.2, 0.25) is 0 Å². The lowest BCUT2D eigenvalue weighted by Crippen LogP contribution is -2.37. The monoisotopic (exact) mass is 478 g/mol. The van der Waals surface area contributed by atoms with Crippen LogP contribution in [0, 0.1) is 5.92 Å². The quantitative estimate of drug-likeness (QED) is 0.516. The fourth-order valence-corrected chi connectivity index (χ4v) is 4.49. The number of benzene rings is 3. The highest BCUT2D eigenvalue weighted by molar-refractivity contribution is 9.10. The Balaban J connectivity index is 1.59. The first-order valence-electron chi connectivity index (χ1n) is 9.87. The number of fused-ring (bicyclic) bond motifs is 1. The zero-order valence-electron chi connectivity index (χ0n) is 16.6. The second-order valence-corrected chi connectivity index (χ2v) is 8.34. The Morgan fingerprint density at radius 1 is 0.871 bits per heavy atom. The highest BCUT2D eigenvalue weighted by Gasteiger charge is 2.60. The van der Waals surface area contributed by atoms with Crippen molar-refractivity contribution in [3.63, 3.8) is 0 Å². The molecule has 2 amide bonds. The molecule has 2 heterocycles. The normalized spacial score (nSPS) is 22.7. The maximum absolute atomic E-state index is 13.6. The number of imide groups is 1. The third-order valence-electron chi connectivity index (χ3n) is 5.65. The number of carbonyl (C=O) groups excluding carboxylic acids is 2. The third-order valence-corrected chi connectivity index (χ3v) is 6.17. The van der Waals surface area contributed by atoms with Crippen LogP contribution in [0.3, 0.4) is 0 Å². The number of ether oxygens (including phenoxy) is 1. The average molecular weight is 479 g/mol. The molecule has 2 aliphatic rings. The smallest absolute Gasteiger partial charge is 0.266 e. The first-order chi connectivity index (χ1) is 15.1. The Kier molecular flexibility index (Phi) is 5.00. The molecule has 5 rings (SSSR count). The van der Waals surface area contributed by atoms with Gasteiger partial charge in [-0.15, -0.1) is 0 Å². The summed E-state index contributed by atoms with van der Waals surface area (Å²) in [6, 6.07) is 23.7. The van der Waals surface area contributed by atoms with Crippen molar-refractivity contribution in [2.45, 2.75) is 12.1 Å². The molecule has 0 bridgehead atoms. The SMILES string of the molecule is COc1cccc([C@H]2[C@@H]3C(=O)N(c4ccc(Br)cc4)C(=O)[C@@H]3ON2c2ccccc2)c1. The van der Waals surface area contributed by atoms with Crippen LogP contribution in [-0.2, 0) is 14.4 Å². The lowest BCUT2D eigenvalue weighted by atomic mass is 9.90. The summed E-state index contributed by atoms with van der Waals surface area (Å²) >= 11 is 3.39. The van der Waals surface area contributed by atoms with Gasteiger partial charge in [0.15, 0.2) is 6.10 Å². The minimum Gasteiger partial charge on any atom is -0.497 e. The molecule has 3 aromatic rings. The van der Waals surface area contributed by atoms with Gasteiger partial charge < -0.3 is 4.74 Å². The van der Waals surface area contributed by atoms with Crippen LogP contribution in [0.4, 0.5) is 11.4 Å². The molecule has 0 radical (unpaired) electrons. The van der Waals surface area contributed by atoms with Gasteiger partial charge in [0, 0.05) is 4.47 Å². The number of anilines is 2. The molecule has 0 aliphatic carbocycles. The van der Waals surface area contributed by atoms with Gasteiger partial charge in [0.25, 0.3) is 5.91 Å². The number of carbonyl (C=O) groups is 2. The predicted molar refractivity (Wildman–Crippen MR) is 120 cm³/mol. The Morgan fingerprint density at radius 2 is 1.61 bits per heavy atom. The van der Waals surface area contributed by atoms with Crippen LogP contribution in [0.5, 0.6) is 5.75 Å². The average Bonchev–Trinajstić information content (AvgIpc) is 3.31. The molecule has 2 aliphatic heterocycles. The second-order valence-electron chi connectivity index (χ2n) is 7.42. The van der Waals surface area contributed by atoms with Crippen molar-refractivity contribution in [3.8, 4) is 5.75 Å². The van der Waals surface area contributed by atoms with Gasteiger partial charge >= 0.3 is 0 Å². The van der Waals surface area contributed by atoms with Gasteiger partial charge in [-0.3, -0.25) is 14.4 Å². The number of amides is 2. The number of hydroxylamine groups is 1. The molecule has 3 aromatic carbocycles. The molecule has 0 N–H and O–H groups in total. The Labute approximate surface area is 188 Å². The highest BCUT2D eigenvalue weighted by Crippen LogP contribution is 2.48. The lowest BCUT2D eigenvalue weighted by molar-refractivity contribution is -0.126. The van der Waals surface area contributed by atoms with Gasteiger partial charge in [-0.25, -0.2) is 9.96 Å². The highest BCUT2D eigenvalue weighted by atomic mass is 79.9. The minimum absolute atomic E-state index is 0.274. The van der Waals surface area contributed by atoms with Gasteiger partial charge in [0.05, 0.1) is 24.5 Å². The van der Waals surface area contributed by atoms with E-state index in [9.17, 15) is 9.59 Å². The Morgan fingerprint density at radius 3 is 2.32 bits per heavy atom. The molecule has 0 spiro atoms. The largest absolute Gasteiger partial charge is 0.497 e. The number of para-hydroxylation sites is 1. The number of hydrogen-bond donors (Lipinski definition) is 0. The van der Waals surface area contributed by atoms with Crippen molar-refractivity contribution < 1.29 is 19.2 Å². The zero-order valence-corrected chi connectivity index (χ0v) is 18.2. The molecule has 31 heavy (non-hydrogen) atoms. The standard InChI is InChI=1S/C24H19BrN2O4/c1-30-19-9-5-6-15(14-19)21-20-22(31-27(21)18-7-3-2-4-8-18)24(29)26(23(20)28)17-12-10-16(25)11-13-17/h2-14,20-22H,1H3/t20-,21-,22+/m0/s1. The summed E-state index contributed by atoms with van der Waals surface area (Å²) < 4.78 is 6.26. The van der Waals surface area contributed by atoms with Crippen molar-refractivity contribution in [2.75, 3.05) is 17.1 Å². The molecule has 6 nitrogen and oxygen atoms in total. The summed E-state index contributed by atoms with van der Waals surface area (Å²) in [5, 5.41) is 1.68. The molecular formula is C24H19BrN2O4. The van der Waals surface area contributed by atoms with Crippen molar-refractivity contribution in [1.82, 2.24) is 0 Å². The summed E-state index contributed by atoms with van der Waals surface area (Å²) in [5.74, 6) is -0.633. The van der Waals surface area contributed by atoms with E-state index in [0.717, 1.165) is 15.7 Å². The van der Waals surface area contributed by atoms with Crippen molar-refractivity contribution in [1.29, 1.82) is 0 Å². The summed E-state index contributed by atoms with van der Waals surface area (Å²) in [6.07, 6.45) is -0.896. The third kappa shape index (κ3) is 3.30. The topological polar surface area (TPSA) is 59.1 Å². The van der Waals surface area contributed by atoms with Crippen molar-refractivity contribution in [3.05, 3.63) is 88.9 Å². The van der Waals surface area contributed by atoms with Gasteiger partial charge in [-0.05, 0) is 54.1 Å².